The number of aromatic nitrogens is 2. The number of hydrogen-bond donors (Lipinski definition) is 1. The summed E-state index contributed by atoms with van der Waals surface area (Å²) in [6.45, 7) is 4.79. The largest absolute Gasteiger partial charge is 0.310 e. The van der Waals surface area contributed by atoms with E-state index < -0.39 is 0 Å². The van der Waals surface area contributed by atoms with Crippen LogP contribution in [-0.2, 0) is 6.54 Å². The summed E-state index contributed by atoms with van der Waals surface area (Å²) in [6.07, 6.45) is 1.95. The van der Waals surface area contributed by atoms with Crippen molar-refractivity contribution in [2.24, 2.45) is 0 Å². The molecule has 0 aliphatic carbocycles. The van der Waals surface area contributed by atoms with E-state index in [0.717, 1.165) is 14.2 Å². The highest BCUT2D eigenvalue weighted by molar-refractivity contribution is 8.03. The van der Waals surface area contributed by atoms with Gasteiger partial charge < -0.3 is 5.32 Å². The first-order valence-corrected chi connectivity index (χ1v) is 9.02. The second-order valence-corrected chi connectivity index (χ2v) is 7.69. The Morgan fingerprint density at radius 2 is 2.05 bits per heavy atom. The van der Waals surface area contributed by atoms with Crippen molar-refractivity contribution in [3.05, 3.63) is 29.6 Å². The fourth-order valence-corrected chi connectivity index (χ4v) is 4.04. The minimum Gasteiger partial charge on any atom is -0.310 e. The van der Waals surface area contributed by atoms with Crippen molar-refractivity contribution in [3.63, 3.8) is 0 Å². The van der Waals surface area contributed by atoms with E-state index in [9.17, 15) is 4.39 Å². The lowest BCUT2D eigenvalue weighted by Crippen LogP contribution is -2.22. The van der Waals surface area contributed by atoms with Crippen LogP contribution < -0.4 is 5.32 Å². The number of rotatable bonds is 6. The molecule has 7 heteroatoms. The van der Waals surface area contributed by atoms with Crippen molar-refractivity contribution in [1.29, 1.82) is 0 Å². The Balaban J connectivity index is 2.20. The summed E-state index contributed by atoms with van der Waals surface area (Å²) >= 11 is 4.38. The van der Waals surface area contributed by atoms with Crippen LogP contribution in [0.4, 0.5) is 4.39 Å². The average molecular weight is 329 g/mol. The molecule has 1 heterocycles. The van der Waals surface area contributed by atoms with Crippen LogP contribution in [0.5, 0.6) is 0 Å². The lowest BCUT2D eigenvalue weighted by molar-refractivity contribution is 0.564. The van der Waals surface area contributed by atoms with Gasteiger partial charge in [0.25, 0.3) is 0 Å². The van der Waals surface area contributed by atoms with Crippen LogP contribution in [0.2, 0.25) is 0 Å². The zero-order valence-corrected chi connectivity index (χ0v) is 14.0. The summed E-state index contributed by atoms with van der Waals surface area (Å²) in [4.78, 5) is 0.629. The average Bonchev–Trinajstić information content (AvgIpc) is 2.87. The third-order valence-corrected chi connectivity index (χ3v) is 5.61. The van der Waals surface area contributed by atoms with Crippen molar-refractivity contribution in [2.45, 2.75) is 40.0 Å². The molecule has 1 N–H and O–H groups in total. The Hall–Kier alpha value is -0.630. The van der Waals surface area contributed by atoms with Crippen molar-refractivity contribution in [2.75, 3.05) is 6.26 Å². The molecule has 2 aromatic rings. The second kappa shape index (κ2) is 7.40. The maximum Gasteiger partial charge on any atom is 0.179 e. The normalized spacial score (nSPS) is 11.2. The Labute approximate surface area is 130 Å². The fraction of sp³-hybridized carbons (Fsp3) is 0.385. The molecule has 108 valence electrons. The number of nitrogens with one attached hydrogen (secondary N) is 1. The van der Waals surface area contributed by atoms with Gasteiger partial charge in [-0.2, -0.15) is 0 Å². The van der Waals surface area contributed by atoms with Crippen LogP contribution in [0.1, 0.15) is 19.4 Å². The molecule has 3 nitrogen and oxygen atoms in total. The van der Waals surface area contributed by atoms with Crippen LogP contribution in [0.3, 0.4) is 0 Å². The molecule has 1 aromatic carbocycles. The van der Waals surface area contributed by atoms with Gasteiger partial charge in [0.2, 0.25) is 0 Å². The van der Waals surface area contributed by atoms with Gasteiger partial charge in [0.1, 0.15) is 5.82 Å². The third kappa shape index (κ3) is 4.18. The zero-order valence-electron chi connectivity index (χ0n) is 11.5. The highest BCUT2D eigenvalue weighted by Crippen LogP contribution is 2.36. The van der Waals surface area contributed by atoms with Gasteiger partial charge in [0, 0.05) is 12.6 Å². The third-order valence-electron chi connectivity index (χ3n) is 2.50. The molecule has 0 radical (unpaired) electrons. The van der Waals surface area contributed by atoms with Gasteiger partial charge in [-0.05, 0) is 17.9 Å². The minimum atomic E-state index is -0.209. The van der Waals surface area contributed by atoms with E-state index in [4.69, 9.17) is 0 Å². The first-order chi connectivity index (χ1) is 9.60. The zero-order chi connectivity index (χ0) is 14.5. The van der Waals surface area contributed by atoms with Crippen molar-refractivity contribution in [3.8, 4) is 0 Å². The Morgan fingerprint density at radius 1 is 1.30 bits per heavy atom. The second-order valence-electron chi connectivity index (χ2n) is 4.40. The maximum atomic E-state index is 14.1. The molecular weight excluding hydrogens is 313 g/mol. The van der Waals surface area contributed by atoms with E-state index in [1.165, 1.54) is 29.2 Å². The number of thioether (sulfide) groups is 1. The lowest BCUT2D eigenvalue weighted by Gasteiger charge is -2.12. The van der Waals surface area contributed by atoms with Crippen molar-refractivity contribution >= 4 is 34.9 Å². The monoisotopic (exact) mass is 329 g/mol. The van der Waals surface area contributed by atoms with Crippen molar-refractivity contribution < 1.29 is 4.39 Å². The first kappa shape index (κ1) is 15.8. The van der Waals surface area contributed by atoms with Crippen molar-refractivity contribution in [1.82, 2.24) is 15.5 Å². The summed E-state index contributed by atoms with van der Waals surface area (Å²) in [5, 5.41) is 11.4. The Kier molecular flexibility index (Phi) is 5.83. The van der Waals surface area contributed by atoms with E-state index in [1.807, 2.05) is 12.3 Å². The Morgan fingerprint density at radius 3 is 2.70 bits per heavy atom. The summed E-state index contributed by atoms with van der Waals surface area (Å²) in [7, 11) is 0. The molecule has 0 atom stereocenters. The summed E-state index contributed by atoms with van der Waals surface area (Å²) in [5.41, 5.74) is 0.949. The predicted molar refractivity (Wildman–Crippen MR) is 84.2 cm³/mol. The fourth-order valence-electron chi connectivity index (χ4n) is 1.53. The standard InChI is InChI=1S/C13H16FN3S3/c1-8(2)15-7-9-5-4-6-10(14)11(9)19-13-17-16-12(18-3)20-13/h4-6,8,15H,7H2,1-3H3. The number of nitrogens with zero attached hydrogens (tertiary/aromatic N) is 2. The van der Waals surface area contributed by atoms with E-state index in [2.05, 4.69) is 29.4 Å². The number of hydrogen-bond acceptors (Lipinski definition) is 6. The van der Waals surface area contributed by atoms with Gasteiger partial charge in [0.15, 0.2) is 8.68 Å². The van der Waals surface area contributed by atoms with Crippen LogP contribution in [0, 0.1) is 5.82 Å². The Bertz CT molecular complexity index is 572. The van der Waals surface area contributed by atoms with Crippen LogP contribution in [-0.4, -0.2) is 22.5 Å². The molecule has 0 spiro atoms. The molecular formula is C13H16FN3S3. The van der Waals surface area contributed by atoms with E-state index in [1.54, 1.807) is 17.8 Å². The van der Waals surface area contributed by atoms with Gasteiger partial charge in [0.05, 0.1) is 4.90 Å². The van der Waals surface area contributed by atoms with E-state index in [0.29, 0.717) is 17.5 Å². The molecule has 0 aliphatic heterocycles. The smallest absolute Gasteiger partial charge is 0.179 e. The first-order valence-electron chi connectivity index (χ1n) is 6.16. The lowest BCUT2D eigenvalue weighted by atomic mass is 10.2. The van der Waals surface area contributed by atoms with E-state index >= 15 is 0 Å². The number of halogens is 1. The number of benzene rings is 1. The molecule has 0 saturated carbocycles. The summed E-state index contributed by atoms with van der Waals surface area (Å²) < 4.78 is 15.7. The molecule has 0 unspecified atom stereocenters. The van der Waals surface area contributed by atoms with Gasteiger partial charge in [-0.3, -0.25) is 0 Å². The summed E-state index contributed by atoms with van der Waals surface area (Å²) in [6, 6.07) is 5.53. The molecule has 20 heavy (non-hydrogen) atoms. The summed E-state index contributed by atoms with van der Waals surface area (Å²) in [5.74, 6) is -0.209. The maximum absolute atomic E-state index is 14.1. The molecule has 0 bridgehead atoms. The predicted octanol–water partition coefficient (Wildman–Crippen LogP) is 4.05. The van der Waals surface area contributed by atoms with Crippen LogP contribution in [0.15, 0.2) is 31.8 Å². The van der Waals surface area contributed by atoms with E-state index in [-0.39, 0.29) is 5.82 Å². The molecule has 0 saturated heterocycles. The molecule has 0 amide bonds. The highest BCUT2D eigenvalue weighted by atomic mass is 32.2. The minimum absolute atomic E-state index is 0.209. The SMILES string of the molecule is CSc1nnc(Sc2c(F)cccc2CNC(C)C)s1. The quantitative estimate of drug-likeness (QED) is 0.809. The van der Waals surface area contributed by atoms with Gasteiger partial charge in [-0.1, -0.05) is 60.8 Å². The molecule has 0 fully saturated rings. The molecule has 0 aliphatic rings. The molecule has 2 rings (SSSR count). The van der Waals surface area contributed by atoms with Gasteiger partial charge >= 0.3 is 0 Å². The van der Waals surface area contributed by atoms with Gasteiger partial charge in [-0.15, -0.1) is 10.2 Å². The van der Waals surface area contributed by atoms with Crippen LogP contribution in [0.25, 0.3) is 0 Å². The molecule has 1 aromatic heterocycles. The highest BCUT2D eigenvalue weighted by Gasteiger charge is 2.13. The van der Waals surface area contributed by atoms with Gasteiger partial charge in [-0.25, -0.2) is 4.39 Å². The van der Waals surface area contributed by atoms with Crippen LogP contribution >= 0.6 is 34.9 Å². The topological polar surface area (TPSA) is 37.8 Å².